The first-order valence-corrected chi connectivity index (χ1v) is 6.69. The third-order valence-electron chi connectivity index (χ3n) is 2.86. The minimum absolute atomic E-state index is 0.216. The van der Waals surface area contributed by atoms with Gasteiger partial charge in [-0.3, -0.25) is 0 Å². The first kappa shape index (κ1) is 13.2. The lowest BCUT2D eigenvalue weighted by atomic mass is 10.0. The summed E-state index contributed by atoms with van der Waals surface area (Å²) in [6, 6.07) is 10.6. The van der Waals surface area contributed by atoms with Crippen LogP contribution in [0.3, 0.4) is 0 Å². The highest BCUT2D eigenvalue weighted by Gasteiger charge is 2.11. The zero-order valence-corrected chi connectivity index (χ0v) is 12.1. The molecule has 0 saturated carbocycles. The number of rotatable bonds is 4. The van der Waals surface area contributed by atoms with E-state index in [0.29, 0.717) is 0 Å². The Hall–Kier alpha value is -1.26. The molecular formula is C14H16BrN3. The molecule has 0 saturated heterocycles. The van der Waals surface area contributed by atoms with E-state index in [1.54, 1.807) is 0 Å². The number of hydrogen-bond donors (Lipinski definition) is 1. The summed E-state index contributed by atoms with van der Waals surface area (Å²) in [6.07, 6.45) is 2.73. The van der Waals surface area contributed by atoms with Gasteiger partial charge in [-0.1, -0.05) is 28.1 Å². The van der Waals surface area contributed by atoms with Crippen LogP contribution in [0.25, 0.3) is 0 Å². The Morgan fingerprint density at radius 1 is 1.22 bits per heavy atom. The molecule has 0 aliphatic carbocycles. The SMILES string of the molecule is CNC(Cc1ccc(Br)cc1)c1ccnc(C)n1. The van der Waals surface area contributed by atoms with E-state index >= 15 is 0 Å². The molecule has 0 radical (unpaired) electrons. The molecule has 94 valence electrons. The van der Waals surface area contributed by atoms with Crippen molar-refractivity contribution in [3.05, 3.63) is 58.1 Å². The Kier molecular flexibility index (Phi) is 4.44. The van der Waals surface area contributed by atoms with Crippen molar-refractivity contribution in [1.29, 1.82) is 0 Å². The van der Waals surface area contributed by atoms with E-state index < -0.39 is 0 Å². The lowest BCUT2D eigenvalue weighted by Gasteiger charge is -2.16. The molecule has 1 atom stereocenters. The Morgan fingerprint density at radius 2 is 1.94 bits per heavy atom. The number of halogens is 1. The van der Waals surface area contributed by atoms with Crippen LogP contribution in [0, 0.1) is 6.92 Å². The van der Waals surface area contributed by atoms with Gasteiger partial charge in [-0.25, -0.2) is 9.97 Å². The summed E-state index contributed by atoms with van der Waals surface area (Å²) in [4.78, 5) is 8.61. The van der Waals surface area contributed by atoms with Crippen LogP contribution in [0.4, 0.5) is 0 Å². The third kappa shape index (κ3) is 3.37. The zero-order valence-electron chi connectivity index (χ0n) is 10.5. The molecular weight excluding hydrogens is 290 g/mol. The fourth-order valence-corrected chi connectivity index (χ4v) is 2.14. The van der Waals surface area contributed by atoms with Gasteiger partial charge in [0.25, 0.3) is 0 Å². The zero-order chi connectivity index (χ0) is 13.0. The lowest BCUT2D eigenvalue weighted by Crippen LogP contribution is -2.20. The van der Waals surface area contributed by atoms with E-state index in [4.69, 9.17) is 0 Å². The van der Waals surface area contributed by atoms with Gasteiger partial charge in [0.05, 0.1) is 11.7 Å². The Balaban J connectivity index is 2.17. The lowest BCUT2D eigenvalue weighted by molar-refractivity contribution is 0.572. The molecule has 0 amide bonds. The van der Waals surface area contributed by atoms with E-state index in [1.807, 2.05) is 26.2 Å². The smallest absolute Gasteiger partial charge is 0.125 e. The summed E-state index contributed by atoms with van der Waals surface area (Å²) in [5.74, 6) is 0.809. The number of benzene rings is 1. The summed E-state index contributed by atoms with van der Waals surface area (Å²) in [5, 5.41) is 3.31. The van der Waals surface area contributed by atoms with Crippen molar-refractivity contribution in [2.24, 2.45) is 0 Å². The van der Waals surface area contributed by atoms with Crippen molar-refractivity contribution >= 4 is 15.9 Å². The van der Waals surface area contributed by atoms with Crippen LogP contribution >= 0.6 is 15.9 Å². The summed E-state index contributed by atoms with van der Waals surface area (Å²) in [7, 11) is 1.96. The molecule has 0 spiro atoms. The average Bonchev–Trinajstić information content (AvgIpc) is 2.38. The quantitative estimate of drug-likeness (QED) is 0.943. The molecule has 1 N–H and O–H groups in total. The molecule has 1 aromatic carbocycles. The van der Waals surface area contributed by atoms with Gasteiger partial charge in [0.15, 0.2) is 0 Å². The number of likely N-dealkylation sites (N-methyl/N-ethyl adjacent to an activating group) is 1. The second kappa shape index (κ2) is 6.07. The summed E-state index contributed by atoms with van der Waals surface area (Å²) in [5.41, 5.74) is 2.32. The molecule has 2 rings (SSSR count). The molecule has 1 unspecified atom stereocenters. The summed E-state index contributed by atoms with van der Waals surface area (Å²) in [6.45, 7) is 1.91. The second-order valence-corrected chi connectivity index (χ2v) is 5.12. The number of aryl methyl sites for hydroxylation is 1. The molecule has 1 aromatic heterocycles. The summed E-state index contributed by atoms with van der Waals surface area (Å²) < 4.78 is 1.10. The molecule has 0 bridgehead atoms. The van der Waals surface area contributed by atoms with Crippen LogP contribution in [0.1, 0.15) is 23.1 Å². The van der Waals surface area contributed by atoms with Crippen LogP contribution in [-0.4, -0.2) is 17.0 Å². The average molecular weight is 306 g/mol. The highest BCUT2D eigenvalue weighted by atomic mass is 79.9. The van der Waals surface area contributed by atoms with E-state index in [-0.39, 0.29) is 6.04 Å². The minimum Gasteiger partial charge on any atom is -0.311 e. The van der Waals surface area contributed by atoms with Crippen LogP contribution in [-0.2, 0) is 6.42 Å². The molecule has 4 heteroatoms. The third-order valence-corrected chi connectivity index (χ3v) is 3.38. The van der Waals surface area contributed by atoms with E-state index in [1.165, 1.54) is 5.56 Å². The van der Waals surface area contributed by atoms with Crippen LogP contribution in [0.5, 0.6) is 0 Å². The standard InChI is InChI=1S/C14H16BrN3/c1-10-17-8-7-13(18-10)14(16-2)9-11-3-5-12(15)6-4-11/h3-8,14,16H,9H2,1-2H3. The van der Waals surface area contributed by atoms with Gasteiger partial charge in [-0.2, -0.15) is 0 Å². The normalized spacial score (nSPS) is 12.4. The van der Waals surface area contributed by atoms with Gasteiger partial charge < -0.3 is 5.32 Å². The Bertz CT molecular complexity index is 511. The van der Waals surface area contributed by atoms with Crippen LogP contribution < -0.4 is 5.32 Å². The van der Waals surface area contributed by atoms with Crippen molar-refractivity contribution in [2.45, 2.75) is 19.4 Å². The topological polar surface area (TPSA) is 37.8 Å². The van der Waals surface area contributed by atoms with Crippen LogP contribution in [0.15, 0.2) is 41.0 Å². The minimum atomic E-state index is 0.216. The second-order valence-electron chi connectivity index (χ2n) is 4.20. The van der Waals surface area contributed by atoms with E-state index in [0.717, 1.165) is 22.4 Å². The van der Waals surface area contributed by atoms with Crippen molar-refractivity contribution in [3.63, 3.8) is 0 Å². The van der Waals surface area contributed by atoms with Gasteiger partial charge >= 0.3 is 0 Å². The monoisotopic (exact) mass is 305 g/mol. The predicted molar refractivity (Wildman–Crippen MR) is 76.4 cm³/mol. The van der Waals surface area contributed by atoms with Crippen molar-refractivity contribution < 1.29 is 0 Å². The molecule has 0 aliphatic rings. The van der Waals surface area contributed by atoms with Crippen molar-refractivity contribution in [3.8, 4) is 0 Å². The van der Waals surface area contributed by atoms with Gasteiger partial charge in [-0.05, 0) is 44.2 Å². The highest BCUT2D eigenvalue weighted by molar-refractivity contribution is 9.10. The fourth-order valence-electron chi connectivity index (χ4n) is 1.88. The Morgan fingerprint density at radius 3 is 2.56 bits per heavy atom. The maximum absolute atomic E-state index is 4.48. The van der Waals surface area contributed by atoms with Gasteiger partial charge in [0, 0.05) is 10.7 Å². The first-order valence-electron chi connectivity index (χ1n) is 5.90. The predicted octanol–water partition coefficient (Wildman–Crippen LogP) is 3.05. The molecule has 18 heavy (non-hydrogen) atoms. The van der Waals surface area contributed by atoms with Gasteiger partial charge in [0.2, 0.25) is 0 Å². The fraction of sp³-hybridized carbons (Fsp3) is 0.286. The molecule has 0 fully saturated rings. The first-order chi connectivity index (χ1) is 8.69. The summed E-state index contributed by atoms with van der Waals surface area (Å²) >= 11 is 3.45. The van der Waals surface area contributed by atoms with Crippen molar-refractivity contribution in [2.75, 3.05) is 7.05 Å². The highest BCUT2D eigenvalue weighted by Crippen LogP contribution is 2.18. The van der Waals surface area contributed by atoms with E-state index in [9.17, 15) is 0 Å². The molecule has 1 heterocycles. The van der Waals surface area contributed by atoms with Gasteiger partial charge in [0.1, 0.15) is 5.82 Å². The molecule has 0 aliphatic heterocycles. The molecule has 3 nitrogen and oxygen atoms in total. The largest absolute Gasteiger partial charge is 0.311 e. The van der Waals surface area contributed by atoms with Crippen molar-refractivity contribution in [1.82, 2.24) is 15.3 Å². The number of hydrogen-bond acceptors (Lipinski definition) is 3. The number of nitrogens with zero attached hydrogens (tertiary/aromatic N) is 2. The Labute approximate surface area is 116 Å². The molecule has 2 aromatic rings. The van der Waals surface area contributed by atoms with Gasteiger partial charge in [-0.15, -0.1) is 0 Å². The van der Waals surface area contributed by atoms with Crippen LogP contribution in [0.2, 0.25) is 0 Å². The van der Waals surface area contributed by atoms with E-state index in [2.05, 4.69) is 55.5 Å². The number of nitrogens with one attached hydrogen (secondary N) is 1. The maximum atomic E-state index is 4.48. The maximum Gasteiger partial charge on any atom is 0.125 e. The number of aromatic nitrogens is 2.